The summed E-state index contributed by atoms with van der Waals surface area (Å²) in [4.78, 5) is 15.8. The molecule has 2 aromatic rings. The molecule has 110 valence electrons. The van der Waals surface area contributed by atoms with Gasteiger partial charge in [0.2, 0.25) is 5.91 Å². The van der Waals surface area contributed by atoms with Crippen molar-refractivity contribution in [2.75, 3.05) is 13.2 Å². The smallest absolute Gasteiger partial charge is 0.244 e. The molecule has 0 spiro atoms. The largest absolute Gasteiger partial charge is 0.492 e. The highest BCUT2D eigenvalue weighted by molar-refractivity contribution is 7.09. The molecule has 0 unspecified atom stereocenters. The monoisotopic (exact) mass is 306 g/mol. The number of ether oxygens (including phenoxy) is 1. The SMILES string of the molecule is Cc1nc(/C=C\C(=O)NCCOc2cccc(F)c2)cs1. The molecule has 1 aromatic heterocycles. The summed E-state index contributed by atoms with van der Waals surface area (Å²) in [5, 5.41) is 5.51. The Kier molecular flexibility index (Phi) is 5.45. The van der Waals surface area contributed by atoms with Gasteiger partial charge in [-0.2, -0.15) is 0 Å². The van der Waals surface area contributed by atoms with Crippen LogP contribution in [-0.2, 0) is 4.79 Å². The first-order chi connectivity index (χ1) is 10.1. The number of aryl methyl sites for hydroxylation is 1. The first-order valence-electron chi connectivity index (χ1n) is 6.40. The summed E-state index contributed by atoms with van der Waals surface area (Å²) in [6.45, 7) is 2.53. The second kappa shape index (κ2) is 7.54. The van der Waals surface area contributed by atoms with Gasteiger partial charge in [0.1, 0.15) is 18.2 Å². The van der Waals surface area contributed by atoms with Crippen LogP contribution in [0.5, 0.6) is 5.75 Å². The fourth-order valence-electron chi connectivity index (χ4n) is 1.58. The van der Waals surface area contributed by atoms with Gasteiger partial charge in [0, 0.05) is 17.5 Å². The number of halogens is 1. The van der Waals surface area contributed by atoms with E-state index in [1.165, 1.54) is 29.5 Å². The van der Waals surface area contributed by atoms with Crippen LogP contribution in [0.1, 0.15) is 10.7 Å². The summed E-state index contributed by atoms with van der Waals surface area (Å²) in [6.07, 6.45) is 3.09. The molecule has 0 bridgehead atoms. The van der Waals surface area contributed by atoms with Gasteiger partial charge >= 0.3 is 0 Å². The zero-order valence-electron chi connectivity index (χ0n) is 11.5. The highest BCUT2D eigenvalue weighted by Crippen LogP contribution is 2.11. The van der Waals surface area contributed by atoms with E-state index in [4.69, 9.17) is 4.74 Å². The molecular weight excluding hydrogens is 291 g/mol. The van der Waals surface area contributed by atoms with Crippen LogP contribution in [0.3, 0.4) is 0 Å². The van der Waals surface area contributed by atoms with Gasteiger partial charge in [0.15, 0.2) is 0 Å². The van der Waals surface area contributed by atoms with Gasteiger partial charge < -0.3 is 10.1 Å². The minimum atomic E-state index is -0.349. The number of carbonyl (C=O) groups excluding carboxylic acids is 1. The van der Waals surface area contributed by atoms with Crippen molar-refractivity contribution in [3.63, 3.8) is 0 Å². The maximum atomic E-state index is 12.9. The molecule has 21 heavy (non-hydrogen) atoms. The Morgan fingerprint density at radius 3 is 3.10 bits per heavy atom. The van der Waals surface area contributed by atoms with Crippen LogP contribution in [-0.4, -0.2) is 24.0 Å². The fourth-order valence-corrected chi connectivity index (χ4v) is 2.16. The minimum absolute atomic E-state index is 0.219. The number of nitrogens with one attached hydrogen (secondary N) is 1. The lowest BCUT2D eigenvalue weighted by Crippen LogP contribution is -2.26. The number of thiazole rings is 1. The molecule has 1 amide bonds. The Labute approximate surface area is 126 Å². The maximum Gasteiger partial charge on any atom is 0.244 e. The summed E-state index contributed by atoms with van der Waals surface area (Å²) >= 11 is 1.53. The molecule has 6 heteroatoms. The van der Waals surface area contributed by atoms with Crippen molar-refractivity contribution < 1.29 is 13.9 Å². The van der Waals surface area contributed by atoms with Gasteiger partial charge in [0.25, 0.3) is 0 Å². The summed E-state index contributed by atoms with van der Waals surface area (Å²) in [5.74, 6) is -0.126. The standard InChI is InChI=1S/C15H15FN2O2S/c1-11-18-13(10-21-11)5-6-15(19)17-7-8-20-14-4-2-3-12(16)9-14/h2-6,9-10H,7-8H2,1H3,(H,17,19)/b6-5-. The zero-order valence-corrected chi connectivity index (χ0v) is 12.3. The average molecular weight is 306 g/mol. The van der Waals surface area contributed by atoms with Crippen molar-refractivity contribution in [3.05, 3.63) is 52.2 Å². The van der Waals surface area contributed by atoms with Gasteiger partial charge in [-0.25, -0.2) is 9.37 Å². The Hall–Kier alpha value is -2.21. The summed E-state index contributed by atoms with van der Waals surface area (Å²) in [5.41, 5.74) is 0.767. The van der Waals surface area contributed by atoms with Crippen LogP contribution >= 0.6 is 11.3 Å². The molecule has 0 saturated carbocycles. The molecule has 0 fully saturated rings. The Bertz CT molecular complexity index is 640. The molecule has 2 rings (SSSR count). The third-order valence-electron chi connectivity index (χ3n) is 2.51. The van der Waals surface area contributed by atoms with Crippen LogP contribution in [0, 0.1) is 12.7 Å². The number of aromatic nitrogens is 1. The molecule has 0 aliphatic heterocycles. The van der Waals surface area contributed by atoms with Crippen LogP contribution < -0.4 is 10.1 Å². The molecule has 0 saturated heterocycles. The van der Waals surface area contributed by atoms with Crippen molar-refractivity contribution in [3.8, 4) is 5.75 Å². The van der Waals surface area contributed by atoms with Crippen LogP contribution in [0.15, 0.2) is 35.7 Å². The second-order valence-electron chi connectivity index (χ2n) is 4.22. The topological polar surface area (TPSA) is 51.2 Å². The highest BCUT2D eigenvalue weighted by atomic mass is 32.1. The van der Waals surface area contributed by atoms with E-state index in [0.29, 0.717) is 12.3 Å². The molecule has 0 atom stereocenters. The van der Waals surface area contributed by atoms with E-state index >= 15 is 0 Å². The number of rotatable bonds is 6. The molecule has 0 radical (unpaired) electrons. The fraction of sp³-hybridized carbons (Fsp3) is 0.200. The first kappa shape index (κ1) is 15.2. The zero-order chi connectivity index (χ0) is 15.1. The summed E-state index contributed by atoms with van der Waals surface area (Å²) < 4.78 is 18.2. The lowest BCUT2D eigenvalue weighted by Gasteiger charge is -2.06. The quantitative estimate of drug-likeness (QED) is 0.659. The van der Waals surface area contributed by atoms with Crippen LogP contribution in [0.4, 0.5) is 4.39 Å². The van der Waals surface area contributed by atoms with E-state index in [-0.39, 0.29) is 18.3 Å². The lowest BCUT2D eigenvalue weighted by atomic mass is 10.3. The lowest BCUT2D eigenvalue weighted by molar-refractivity contribution is -0.116. The molecule has 1 N–H and O–H groups in total. The van der Waals surface area contributed by atoms with E-state index in [9.17, 15) is 9.18 Å². The minimum Gasteiger partial charge on any atom is -0.492 e. The van der Waals surface area contributed by atoms with Crippen molar-refractivity contribution in [1.29, 1.82) is 0 Å². The molecular formula is C15H15FN2O2S. The number of amides is 1. The third kappa shape index (κ3) is 5.35. The molecule has 1 heterocycles. The van der Waals surface area contributed by atoms with Gasteiger partial charge in [0.05, 0.1) is 17.2 Å². The summed E-state index contributed by atoms with van der Waals surface area (Å²) in [6, 6.07) is 5.88. The number of hydrogen-bond acceptors (Lipinski definition) is 4. The summed E-state index contributed by atoms with van der Waals surface area (Å²) in [7, 11) is 0. The van der Waals surface area contributed by atoms with Crippen molar-refractivity contribution in [1.82, 2.24) is 10.3 Å². The number of benzene rings is 1. The predicted octanol–water partition coefficient (Wildman–Crippen LogP) is 2.80. The molecule has 4 nitrogen and oxygen atoms in total. The van der Waals surface area contributed by atoms with E-state index < -0.39 is 0 Å². The maximum absolute atomic E-state index is 12.9. The Balaban J connectivity index is 1.68. The Morgan fingerprint density at radius 1 is 1.52 bits per heavy atom. The number of carbonyl (C=O) groups is 1. The first-order valence-corrected chi connectivity index (χ1v) is 7.28. The van der Waals surface area contributed by atoms with Crippen molar-refractivity contribution >= 4 is 23.3 Å². The van der Waals surface area contributed by atoms with Gasteiger partial charge in [-0.05, 0) is 25.1 Å². The van der Waals surface area contributed by atoms with E-state index in [1.54, 1.807) is 18.2 Å². The number of nitrogens with zero attached hydrogens (tertiary/aromatic N) is 1. The second-order valence-corrected chi connectivity index (χ2v) is 5.28. The highest BCUT2D eigenvalue weighted by Gasteiger charge is 1.99. The average Bonchev–Trinajstić information content (AvgIpc) is 2.87. The van der Waals surface area contributed by atoms with Gasteiger partial charge in [-0.15, -0.1) is 11.3 Å². The molecule has 0 aliphatic carbocycles. The number of hydrogen-bond donors (Lipinski definition) is 1. The van der Waals surface area contributed by atoms with Gasteiger partial charge in [-0.3, -0.25) is 4.79 Å². The van der Waals surface area contributed by atoms with Crippen LogP contribution in [0.2, 0.25) is 0 Å². The van der Waals surface area contributed by atoms with E-state index in [1.807, 2.05) is 12.3 Å². The molecule has 0 aliphatic rings. The van der Waals surface area contributed by atoms with Crippen LogP contribution in [0.25, 0.3) is 6.08 Å². The third-order valence-corrected chi connectivity index (χ3v) is 3.30. The molecule has 1 aromatic carbocycles. The Morgan fingerprint density at radius 2 is 2.38 bits per heavy atom. The van der Waals surface area contributed by atoms with Crippen molar-refractivity contribution in [2.24, 2.45) is 0 Å². The predicted molar refractivity (Wildman–Crippen MR) is 80.8 cm³/mol. The van der Waals surface area contributed by atoms with Crippen molar-refractivity contribution in [2.45, 2.75) is 6.92 Å². The van der Waals surface area contributed by atoms with E-state index in [2.05, 4.69) is 10.3 Å². The van der Waals surface area contributed by atoms with E-state index in [0.717, 1.165) is 10.7 Å². The normalized spacial score (nSPS) is 10.8. The van der Waals surface area contributed by atoms with Gasteiger partial charge in [-0.1, -0.05) is 6.07 Å².